The zero-order chi connectivity index (χ0) is 12.4. The first kappa shape index (κ1) is 11.4. The van der Waals surface area contributed by atoms with E-state index in [4.69, 9.17) is 0 Å². The molecule has 0 fully saturated rings. The monoisotopic (exact) mass is 233 g/mol. The van der Waals surface area contributed by atoms with Gasteiger partial charge in [0.05, 0.1) is 11.7 Å². The molecule has 2 aromatic heterocycles. The minimum atomic E-state index is -0.171. The van der Waals surface area contributed by atoms with Gasteiger partial charge in [-0.25, -0.2) is 0 Å². The van der Waals surface area contributed by atoms with Crippen LogP contribution in [0.2, 0.25) is 0 Å². The zero-order valence-corrected chi connectivity index (χ0v) is 10.0. The molecule has 6 nitrogen and oxygen atoms in total. The number of aromatic amines is 2. The van der Waals surface area contributed by atoms with Crippen LogP contribution >= 0.6 is 0 Å². The largest absolute Gasteiger partial charge is 0.344 e. The Morgan fingerprint density at radius 2 is 2.18 bits per heavy atom. The second kappa shape index (κ2) is 4.40. The molecule has 2 heterocycles. The lowest BCUT2D eigenvalue weighted by molar-refractivity contribution is 0.0934. The molecule has 0 saturated heterocycles. The Kier molecular flexibility index (Phi) is 2.95. The third-order valence-electron chi connectivity index (χ3n) is 2.71. The molecule has 0 aliphatic carbocycles. The molecule has 0 bridgehead atoms. The first-order valence-corrected chi connectivity index (χ1v) is 5.41. The van der Waals surface area contributed by atoms with Gasteiger partial charge in [0, 0.05) is 17.5 Å². The van der Waals surface area contributed by atoms with Crippen molar-refractivity contribution in [3.63, 3.8) is 0 Å². The van der Waals surface area contributed by atoms with E-state index in [9.17, 15) is 4.79 Å². The third-order valence-corrected chi connectivity index (χ3v) is 2.71. The normalized spacial score (nSPS) is 12.4. The van der Waals surface area contributed by atoms with Gasteiger partial charge in [0.15, 0.2) is 0 Å². The van der Waals surface area contributed by atoms with Crippen molar-refractivity contribution in [1.29, 1.82) is 0 Å². The lowest BCUT2D eigenvalue weighted by Crippen LogP contribution is -2.27. The Morgan fingerprint density at radius 3 is 2.71 bits per heavy atom. The standard InChI is InChI=1S/C11H15N5O/c1-6(10-7(2)14-15-8(10)3)13-11(17)9-4-5-12-16-9/h4-6H,1-3H3,(H,12,16)(H,13,17)(H,14,15)/t6-/m0/s1. The van der Waals surface area contributed by atoms with E-state index in [1.54, 1.807) is 12.3 Å². The molecule has 0 saturated carbocycles. The molecule has 1 amide bonds. The summed E-state index contributed by atoms with van der Waals surface area (Å²) >= 11 is 0. The van der Waals surface area contributed by atoms with Gasteiger partial charge >= 0.3 is 0 Å². The van der Waals surface area contributed by atoms with Gasteiger partial charge in [-0.05, 0) is 26.8 Å². The van der Waals surface area contributed by atoms with Crippen LogP contribution in [0.4, 0.5) is 0 Å². The first-order valence-electron chi connectivity index (χ1n) is 5.41. The summed E-state index contributed by atoms with van der Waals surface area (Å²) in [7, 11) is 0. The molecule has 0 radical (unpaired) electrons. The molecule has 1 atom stereocenters. The predicted octanol–water partition coefficient (Wildman–Crippen LogP) is 1.24. The third kappa shape index (κ3) is 2.20. The van der Waals surface area contributed by atoms with Gasteiger partial charge in [-0.3, -0.25) is 15.0 Å². The molecule has 0 aliphatic heterocycles. The van der Waals surface area contributed by atoms with E-state index in [1.807, 2.05) is 20.8 Å². The van der Waals surface area contributed by atoms with Crippen LogP contribution in [0.25, 0.3) is 0 Å². The maximum absolute atomic E-state index is 11.8. The number of carbonyl (C=O) groups excluding carboxylic acids is 1. The maximum atomic E-state index is 11.8. The number of amides is 1. The second-order valence-corrected chi connectivity index (χ2v) is 4.01. The number of nitrogens with one attached hydrogen (secondary N) is 3. The summed E-state index contributed by atoms with van der Waals surface area (Å²) in [5.41, 5.74) is 3.35. The predicted molar refractivity (Wildman–Crippen MR) is 62.5 cm³/mol. The maximum Gasteiger partial charge on any atom is 0.269 e. The van der Waals surface area contributed by atoms with Crippen LogP contribution in [0.1, 0.15) is 40.4 Å². The molecule has 2 aromatic rings. The summed E-state index contributed by atoms with van der Waals surface area (Å²) in [6.07, 6.45) is 1.55. The van der Waals surface area contributed by atoms with E-state index < -0.39 is 0 Å². The second-order valence-electron chi connectivity index (χ2n) is 4.01. The van der Waals surface area contributed by atoms with Gasteiger partial charge in [0.25, 0.3) is 5.91 Å². The Bertz CT molecular complexity index is 494. The van der Waals surface area contributed by atoms with E-state index in [0.717, 1.165) is 17.0 Å². The van der Waals surface area contributed by atoms with Gasteiger partial charge in [0.1, 0.15) is 5.69 Å². The van der Waals surface area contributed by atoms with Gasteiger partial charge < -0.3 is 5.32 Å². The molecular formula is C11H15N5O. The molecule has 2 rings (SSSR count). The Labute approximate surface area is 98.8 Å². The zero-order valence-electron chi connectivity index (χ0n) is 10.0. The Hall–Kier alpha value is -2.11. The molecular weight excluding hydrogens is 218 g/mol. The fraction of sp³-hybridized carbons (Fsp3) is 0.364. The van der Waals surface area contributed by atoms with E-state index in [1.165, 1.54) is 0 Å². The molecule has 0 aliphatic rings. The number of aromatic nitrogens is 4. The highest BCUT2D eigenvalue weighted by Gasteiger charge is 2.17. The van der Waals surface area contributed by atoms with Gasteiger partial charge in [-0.1, -0.05) is 0 Å². The van der Waals surface area contributed by atoms with Crippen molar-refractivity contribution >= 4 is 5.91 Å². The van der Waals surface area contributed by atoms with Crippen LogP contribution in [0.15, 0.2) is 12.3 Å². The quantitative estimate of drug-likeness (QED) is 0.745. The minimum absolute atomic E-state index is 0.0930. The van der Waals surface area contributed by atoms with Gasteiger partial charge in [0.2, 0.25) is 0 Å². The van der Waals surface area contributed by atoms with E-state index >= 15 is 0 Å². The van der Waals surface area contributed by atoms with E-state index in [0.29, 0.717) is 5.69 Å². The number of aryl methyl sites for hydroxylation is 2. The first-order chi connectivity index (χ1) is 8.09. The van der Waals surface area contributed by atoms with Gasteiger partial charge in [-0.2, -0.15) is 10.2 Å². The lowest BCUT2D eigenvalue weighted by Gasteiger charge is -2.13. The van der Waals surface area contributed by atoms with Crippen molar-refractivity contribution in [3.8, 4) is 0 Å². The van der Waals surface area contributed by atoms with E-state index in [2.05, 4.69) is 25.7 Å². The van der Waals surface area contributed by atoms with Crippen LogP contribution in [0, 0.1) is 13.8 Å². The fourth-order valence-electron chi connectivity index (χ4n) is 1.93. The highest BCUT2D eigenvalue weighted by Crippen LogP contribution is 2.19. The average Bonchev–Trinajstić information content (AvgIpc) is 2.88. The SMILES string of the molecule is Cc1n[nH]c(C)c1[C@H](C)NC(=O)c1ccn[nH]1. The number of rotatable bonds is 3. The Morgan fingerprint density at radius 1 is 1.41 bits per heavy atom. The number of nitrogens with zero attached hydrogens (tertiary/aromatic N) is 2. The smallest absolute Gasteiger partial charge is 0.269 e. The summed E-state index contributed by atoms with van der Waals surface area (Å²) in [6.45, 7) is 5.78. The summed E-state index contributed by atoms with van der Waals surface area (Å²) < 4.78 is 0. The minimum Gasteiger partial charge on any atom is -0.344 e. The number of hydrogen-bond donors (Lipinski definition) is 3. The Balaban J connectivity index is 2.12. The molecule has 6 heteroatoms. The molecule has 3 N–H and O–H groups in total. The van der Waals surface area contributed by atoms with Gasteiger partial charge in [-0.15, -0.1) is 0 Å². The number of hydrogen-bond acceptors (Lipinski definition) is 3. The number of carbonyl (C=O) groups is 1. The molecule has 0 spiro atoms. The van der Waals surface area contributed by atoms with Crippen LogP contribution in [-0.4, -0.2) is 26.3 Å². The van der Waals surface area contributed by atoms with Crippen molar-refractivity contribution < 1.29 is 4.79 Å². The number of H-pyrrole nitrogens is 2. The van der Waals surface area contributed by atoms with Crippen LogP contribution in [-0.2, 0) is 0 Å². The summed E-state index contributed by atoms with van der Waals surface area (Å²) in [5, 5.41) is 16.3. The average molecular weight is 233 g/mol. The summed E-state index contributed by atoms with van der Waals surface area (Å²) in [4.78, 5) is 11.8. The van der Waals surface area contributed by atoms with Crippen molar-refractivity contribution in [2.24, 2.45) is 0 Å². The lowest BCUT2D eigenvalue weighted by atomic mass is 10.1. The molecule has 0 aromatic carbocycles. The van der Waals surface area contributed by atoms with Crippen molar-refractivity contribution in [2.75, 3.05) is 0 Å². The van der Waals surface area contributed by atoms with Crippen LogP contribution in [0.3, 0.4) is 0 Å². The van der Waals surface area contributed by atoms with Crippen LogP contribution in [0.5, 0.6) is 0 Å². The molecule has 0 unspecified atom stereocenters. The van der Waals surface area contributed by atoms with Crippen LogP contribution < -0.4 is 5.32 Å². The van der Waals surface area contributed by atoms with Crippen molar-refractivity contribution in [2.45, 2.75) is 26.8 Å². The molecule has 17 heavy (non-hydrogen) atoms. The highest BCUT2D eigenvalue weighted by atomic mass is 16.2. The summed E-state index contributed by atoms with van der Waals surface area (Å²) in [6, 6.07) is 1.54. The van der Waals surface area contributed by atoms with Crippen molar-refractivity contribution in [3.05, 3.63) is 34.9 Å². The fourth-order valence-corrected chi connectivity index (χ4v) is 1.93. The topological polar surface area (TPSA) is 86.5 Å². The van der Waals surface area contributed by atoms with Crippen molar-refractivity contribution in [1.82, 2.24) is 25.7 Å². The van der Waals surface area contributed by atoms with E-state index in [-0.39, 0.29) is 11.9 Å². The summed E-state index contributed by atoms with van der Waals surface area (Å²) in [5.74, 6) is -0.171. The highest BCUT2D eigenvalue weighted by molar-refractivity contribution is 5.92. The molecule has 90 valence electrons.